The van der Waals surface area contributed by atoms with E-state index in [4.69, 9.17) is 26.8 Å². The van der Waals surface area contributed by atoms with Gasteiger partial charge in [-0.15, -0.1) is 0 Å². The Kier molecular flexibility index (Phi) is 13.5. The topological polar surface area (TPSA) is 79.2 Å². The number of rotatable bonds is 15. The molecule has 0 aromatic carbocycles. The number of aliphatic hydroxyl groups is 3. The van der Waals surface area contributed by atoms with Gasteiger partial charge in [0.15, 0.2) is 11.2 Å². The molecule has 6 heteroatoms. The van der Waals surface area contributed by atoms with Crippen molar-refractivity contribution in [1.82, 2.24) is 0 Å². The molecule has 0 bridgehead atoms. The molecule has 0 amide bonds. The Balaban J connectivity index is 2.03. The highest BCUT2D eigenvalue weighted by Crippen LogP contribution is 2.22. The maximum Gasteiger partial charge on any atom is 0.160 e. The summed E-state index contributed by atoms with van der Waals surface area (Å²) < 4.78 is 10.9. The molecule has 4 atom stereocenters. The van der Waals surface area contributed by atoms with Crippen LogP contribution in [0.3, 0.4) is 0 Å². The fraction of sp³-hybridized carbons (Fsp3) is 0.950. The summed E-state index contributed by atoms with van der Waals surface area (Å²) in [4.78, 5) is 0. The molecule has 0 saturated carbocycles. The first kappa shape index (κ1) is 23.8. The third-order valence-corrected chi connectivity index (χ3v) is 5.28. The van der Waals surface area contributed by atoms with Crippen LogP contribution in [0.4, 0.5) is 0 Å². The highest BCUT2D eigenvalue weighted by atomic mass is 32.1. The Morgan fingerprint density at radius 2 is 1.58 bits per heavy atom. The smallest absolute Gasteiger partial charge is 0.160 e. The molecule has 1 heterocycles. The molecular formula is C20H38O5S. The van der Waals surface area contributed by atoms with Crippen molar-refractivity contribution >= 4 is 17.3 Å². The zero-order chi connectivity index (χ0) is 19.2. The summed E-state index contributed by atoms with van der Waals surface area (Å²) >= 11 is 5.26. The molecule has 1 rings (SSSR count). The minimum Gasteiger partial charge on any atom is -0.478 e. The van der Waals surface area contributed by atoms with Crippen LogP contribution in [0.2, 0.25) is 0 Å². The van der Waals surface area contributed by atoms with Crippen molar-refractivity contribution in [2.24, 2.45) is 0 Å². The maximum absolute atomic E-state index is 9.91. The number of ether oxygens (including phenoxy) is 2. The van der Waals surface area contributed by atoms with Gasteiger partial charge < -0.3 is 24.8 Å². The fourth-order valence-electron chi connectivity index (χ4n) is 3.34. The van der Waals surface area contributed by atoms with E-state index in [1.165, 1.54) is 57.8 Å². The molecule has 1 saturated heterocycles. The van der Waals surface area contributed by atoms with E-state index in [0.717, 1.165) is 12.8 Å². The van der Waals surface area contributed by atoms with E-state index < -0.39 is 31.0 Å². The number of thiocarbonyl (C=S) groups is 1. The minimum atomic E-state index is -1.07. The Labute approximate surface area is 164 Å². The van der Waals surface area contributed by atoms with Crippen LogP contribution in [-0.4, -0.2) is 58.0 Å². The standard InChI is InChI=1S/C20H38O5S/c1-2-3-4-5-6-7-8-9-10-11-12-13-18(26)25-20-17(23)15-24-19(20)16(22)14-21/h16-17,19-23H,2-15H2,1H3/t16-,17+,19+,20+/m0/s1. The fourth-order valence-corrected chi connectivity index (χ4v) is 3.60. The summed E-state index contributed by atoms with van der Waals surface area (Å²) in [6.45, 7) is 1.91. The molecule has 0 radical (unpaired) electrons. The molecule has 1 fully saturated rings. The lowest BCUT2D eigenvalue weighted by atomic mass is 10.1. The van der Waals surface area contributed by atoms with E-state index in [2.05, 4.69) is 6.92 Å². The van der Waals surface area contributed by atoms with Crippen molar-refractivity contribution in [3.63, 3.8) is 0 Å². The minimum absolute atomic E-state index is 0.0907. The monoisotopic (exact) mass is 390 g/mol. The molecule has 0 unspecified atom stereocenters. The summed E-state index contributed by atoms with van der Waals surface area (Å²) in [7, 11) is 0. The molecule has 3 N–H and O–H groups in total. The molecule has 0 aliphatic carbocycles. The van der Waals surface area contributed by atoms with E-state index in [1.54, 1.807) is 0 Å². The lowest BCUT2D eigenvalue weighted by molar-refractivity contribution is -0.0642. The van der Waals surface area contributed by atoms with Crippen LogP contribution in [0.5, 0.6) is 0 Å². The van der Waals surface area contributed by atoms with E-state index in [-0.39, 0.29) is 6.61 Å². The van der Waals surface area contributed by atoms with Crippen LogP contribution in [-0.2, 0) is 9.47 Å². The van der Waals surface area contributed by atoms with E-state index in [1.807, 2.05) is 0 Å². The van der Waals surface area contributed by atoms with Gasteiger partial charge >= 0.3 is 0 Å². The van der Waals surface area contributed by atoms with Crippen LogP contribution in [0.1, 0.15) is 84.0 Å². The molecule has 1 aliphatic rings. The van der Waals surface area contributed by atoms with Crippen LogP contribution in [0.25, 0.3) is 0 Å². The maximum atomic E-state index is 9.91. The van der Waals surface area contributed by atoms with Crippen LogP contribution in [0, 0.1) is 0 Å². The predicted molar refractivity (Wildman–Crippen MR) is 107 cm³/mol. The van der Waals surface area contributed by atoms with Gasteiger partial charge in [-0.05, 0) is 18.6 Å². The van der Waals surface area contributed by atoms with Gasteiger partial charge in [-0.3, -0.25) is 0 Å². The first-order chi connectivity index (χ1) is 12.6. The van der Waals surface area contributed by atoms with Gasteiger partial charge in [0.2, 0.25) is 0 Å². The first-order valence-electron chi connectivity index (χ1n) is 10.4. The molecule has 0 aromatic rings. The van der Waals surface area contributed by atoms with Gasteiger partial charge in [-0.1, -0.05) is 71.1 Å². The van der Waals surface area contributed by atoms with Crippen molar-refractivity contribution < 1.29 is 24.8 Å². The molecule has 26 heavy (non-hydrogen) atoms. The van der Waals surface area contributed by atoms with Gasteiger partial charge in [0.25, 0.3) is 0 Å². The lowest BCUT2D eigenvalue weighted by Crippen LogP contribution is -2.43. The second kappa shape index (κ2) is 14.7. The average Bonchev–Trinajstić information content (AvgIpc) is 2.99. The van der Waals surface area contributed by atoms with Gasteiger partial charge in [0.05, 0.1) is 13.2 Å². The lowest BCUT2D eigenvalue weighted by Gasteiger charge is -2.24. The van der Waals surface area contributed by atoms with Crippen molar-refractivity contribution in [1.29, 1.82) is 0 Å². The summed E-state index contributed by atoms with van der Waals surface area (Å²) in [6.07, 6.45) is 11.4. The summed E-state index contributed by atoms with van der Waals surface area (Å²) in [6, 6.07) is 0. The molecule has 5 nitrogen and oxygen atoms in total. The number of hydrogen-bond donors (Lipinski definition) is 3. The molecule has 1 aliphatic heterocycles. The van der Waals surface area contributed by atoms with Crippen molar-refractivity contribution in [2.75, 3.05) is 13.2 Å². The van der Waals surface area contributed by atoms with Crippen LogP contribution < -0.4 is 0 Å². The van der Waals surface area contributed by atoms with E-state index in [9.17, 15) is 10.2 Å². The Morgan fingerprint density at radius 1 is 1.04 bits per heavy atom. The first-order valence-corrected chi connectivity index (χ1v) is 10.8. The zero-order valence-corrected chi connectivity index (χ0v) is 17.1. The average molecular weight is 391 g/mol. The predicted octanol–water partition coefficient (Wildman–Crippen LogP) is 3.51. The van der Waals surface area contributed by atoms with Crippen molar-refractivity contribution in [2.45, 2.75) is 108 Å². The summed E-state index contributed by atoms with van der Waals surface area (Å²) in [5.41, 5.74) is 0. The zero-order valence-electron chi connectivity index (χ0n) is 16.3. The van der Waals surface area contributed by atoms with Gasteiger partial charge in [0, 0.05) is 6.42 Å². The molecule has 0 aromatic heterocycles. The molecule has 154 valence electrons. The highest BCUT2D eigenvalue weighted by Gasteiger charge is 2.42. The Morgan fingerprint density at radius 3 is 2.12 bits per heavy atom. The second-order valence-electron chi connectivity index (χ2n) is 7.36. The third kappa shape index (κ3) is 9.60. The Bertz CT molecular complexity index is 366. The largest absolute Gasteiger partial charge is 0.478 e. The Hall–Kier alpha value is -0.270. The van der Waals surface area contributed by atoms with Gasteiger partial charge in [0.1, 0.15) is 18.3 Å². The van der Waals surface area contributed by atoms with Gasteiger partial charge in [-0.25, -0.2) is 0 Å². The van der Waals surface area contributed by atoms with Gasteiger partial charge in [-0.2, -0.15) is 0 Å². The highest BCUT2D eigenvalue weighted by molar-refractivity contribution is 7.80. The van der Waals surface area contributed by atoms with E-state index >= 15 is 0 Å². The molecule has 0 spiro atoms. The number of hydrogen-bond acceptors (Lipinski definition) is 6. The van der Waals surface area contributed by atoms with Crippen molar-refractivity contribution in [3.8, 4) is 0 Å². The van der Waals surface area contributed by atoms with Crippen molar-refractivity contribution in [3.05, 3.63) is 0 Å². The SMILES string of the molecule is CCCCCCCCCCCCCC(=S)O[C@H]1[C@@H]([C@@H](O)CO)OC[C@H]1O. The summed E-state index contributed by atoms with van der Waals surface area (Å²) in [5.74, 6) is 0. The number of aliphatic hydroxyl groups excluding tert-OH is 3. The van der Waals surface area contributed by atoms with E-state index in [0.29, 0.717) is 11.5 Å². The summed E-state index contributed by atoms with van der Waals surface area (Å²) in [5, 5.41) is 29.1. The molecular weight excluding hydrogens is 352 g/mol. The second-order valence-corrected chi connectivity index (χ2v) is 7.81. The van der Waals surface area contributed by atoms with Crippen LogP contribution >= 0.6 is 12.2 Å². The number of unbranched alkanes of at least 4 members (excludes halogenated alkanes) is 10. The normalized spacial score (nSPS) is 23.9. The van der Waals surface area contributed by atoms with Crippen LogP contribution in [0.15, 0.2) is 0 Å². The quantitative estimate of drug-likeness (QED) is 0.293. The third-order valence-electron chi connectivity index (χ3n) is 4.98.